The topological polar surface area (TPSA) is 67.8 Å². The molecule has 3 heterocycles. The van der Waals surface area contributed by atoms with E-state index in [0.29, 0.717) is 13.0 Å². The third kappa shape index (κ3) is 4.70. The highest BCUT2D eigenvalue weighted by Crippen LogP contribution is 2.20. The van der Waals surface area contributed by atoms with Crippen molar-refractivity contribution in [1.29, 1.82) is 0 Å². The molecule has 1 N–H and O–H groups in total. The van der Waals surface area contributed by atoms with Crippen molar-refractivity contribution in [3.8, 4) is 11.3 Å². The quantitative estimate of drug-likeness (QED) is 0.718. The van der Waals surface area contributed by atoms with Gasteiger partial charge in [-0.25, -0.2) is 4.98 Å². The first-order chi connectivity index (χ1) is 11.8. The highest BCUT2D eigenvalue weighted by Gasteiger charge is 2.06. The fourth-order valence-corrected chi connectivity index (χ4v) is 3.03. The number of amides is 1. The molecule has 0 fully saturated rings. The molecule has 0 spiro atoms. The van der Waals surface area contributed by atoms with Crippen LogP contribution in [0.1, 0.15) is 23.5 Å². The van der Waals surface area contributed by atoms with E-state index < -0.39 is 0 Å². The summed E-state index contributed by atoms with van der Waals surface area (Å²) < 4.78 is 0. The first-order valence-electron chi connectivity index (χ1n) is 7.82. The predicted octanol–water partition coefficient (Wildman–Crippen LogP) is 3.24. The largest absolute Gasteiger partial charge is 0.350 e. The predicted molar refractivity (Wildman–Crippen MR) is 94.4 cm³/mol. The lowest BCUT2D eigenvalue weighted by atomic mass is 10.2. The van der Waals surface area contributed by atoms with Crippen LogP contribution in [0.2, 0.25) is 0 Å². The fraction of sp³-hybridized carbons (Fsp3) is 0.222. The average molecular weight is 338 g/mol. The van der Waals surface area contributed by atoms with E-state index in [-0.39, 0.29) is 5.91 Å². The Morgan fingerprint density at radius 2 is 2.00 bits per heavy atom. The monoisotopic (exact) mass is 338 g/mol. The van der Waals surface area contributed by atoms with Crippen molar-refractivity contribution in [3.63, 3.8) is 0 Å². The summed E-state index contributed by atoms with van der Waals surface area (Å²) in [5.74, 6) is 0.0478. The van der Waals surface area contributed by atoms with Crippen LogP contribution in [0.5, 0.6) is 0 Å². The van der Waals surface area contributed by atoms with Gasteiger partial charge in [0.1, 0.15) is 5.01 Å². The molecule has 0 saturated heterocycles. The van der Waals surface area contributed by atoms with E-state index in [1.807, 2.05) is 35.7 Å². The van der Waals surface area contributed by atoms with Crippen LogP contribution in [0.4, 0.5) is 0 Å². The van der Waals surface area contributed by atoms with Gasteiger partial charge >= 0.3 is 0 Å². The number of carbonyl (C=O) groups excluding carboxylic acids is 1. The molecule has 0 aromatic carbocycles. The van der Waals surface area contributed by atoms with Crippen LogP contribution in [-0.2, 0) is 17.8 Å². The number of nitrogens with zero attached hydrogens (tertiary/aromatic N) is 3. The summed E-state index contributed by atoms with van der Waals surface area (Å²) in [4.78, 5) is 24.7. The molecule has 122 valence electrons. The molecule has 0 bridgehead atoms. The Balaban J connectivity index is 1.42. The maximum absolute atomic E-state index is 11.9. The number of aryl methyl sites for hydroxylation is 1. The van der Waals surface area contributed by atoms with Gasteiger partial charge in [0.05, 0.1) is 12.2 Å². The SMILES string of the molecule is O=C(CCCc1ccccn1)NCc1nc(-c2ccncc2)cs1. The molecule has 0 saturated carbocycles. The molecule has 3 aromatic rings. The van der Waals surface area contributed by atoms with E-state index in [1.165, 1.54) is 0 Å². The van der Waals surface area contributed by atoms with Crippen molar-refractivity contribution in [2.45, 2.75) is 25.8 Å². The first-order valence-corrected chi connectivity index (χ1v) is 8.70. The van der Waals surface area contributed by atoms with E-state index in [1.54, 1.807) is 29.9 Å². The Bertz CT molecular complexity index is 774. The summed E-state index contributed by atoms with van der Waals surface area (Å²) in [5.41, 5.74) is 2.98. The van der Waals surface area contributed by atoms with Gasteiger partial charge in [-0.05, 0) is 37.1 Å². The molecule has 0 aliphatic heterocycles. The van der Waals surface area contributed by atoms with Crippen LogP contribution in [0.15, 0.2) is 54.3 Å². The van der Waals surface area contributed by atoms with Crippen LogP contribution in [0, 0.1) is 0 Å². The molecule has 0 aliphatic rings. The summed E-state index contributed by atoms with van der Waals surface area (Å²) in [6.07, 6.45) is 7.38. The minimum absolute atomic E-state index is 0.0478. The minimum atomic E-state index is 0.0478. The van der Waals surface area contributed by atoms with E-state index in [0.717, 1.165) is 34.8 Å². The second-order valence-corrected chi connectivity index (χ2v) is 6.26. The van der Waals surface area contributed by atoms with Crippen molar-refractivity contribution < 1.29 is 4.79 Å². The minimum Gasteiger partial charge on any atom is -0.350 e. The molecule has 3 aromatic heterocycles. The number of thiazole rings is 1. The molecule has 1 amide bonds. The van der Waals surface area contributed by atoms with Crippen LogP contribution in [0.3, 0.4) is 0 Å². The van der Waals surface area contributed by atoms with Crippen LogP contribution in [0.25, 0.3) is 11.3 Å². The molecule has 0 aliphatic carbocycles. The van der Waals surface area contributed by atoms with Crippen molar-refractivity contribution >= 4 is 17.2 Å². The molecule has 6 heteroatoms. The van der Waals surface area contributed by atoms with Crippen molar-refractivity contribution in [2.24, 2.45) is 0 Å². The molecule has 24 heavy (non-hydrogen) atoms. The molecular formula is C18H18N4OS. The maximum atomic E-state index is 11.9. The van der Waals surface area contributed by atoms with Gasteiger partial charge < -0.3 is 5.32 Å². The van der Waals surface area contributed by atoms with Gasteiger partial charge in [-0.1, -0.05) is 6.07 Å². The zero-order chi connectivity index (χ0) is 16.6. The van der Waals surface area contributed by atoms with Gasteiger partial charge in [0.2, 0.25) is 5.91 Å². The Morgan fingerprint density at radius 1 is 1.12 bits per heavy atom. The molecule has 5 nitrogen and oxygen atoms in total. The number of carbonyl (C=O) groups is 1. The van der Waals surface area contributed by atoms with E-state index in [4.69, 9.17) is 0 Å². The summed E-state index contributed by atoms with van der Waals surface area (Å²) in [6, 6.07) is 9.69. The molecule has 3 rings (SSSR count). The summed E-state index contributed by atoms with van der Waals surface area (Å²) in [6.45, 7) is 0.470. The zero-order valence-electron chi connectivity index (χ0n) is 13.2. The normalized spacial score (nSPS) is 10.5. The Kier molecular flexibility index (Phi) is 5.63. The van der Waals surface area contributed by atoms with Gasteiger partial charge in [-0.3, -0.25) is 14.8 Å². The zero-order valence-corrected chi connectivity index (χ0v) is 14.0. The lowest BCUT2D eigenvalue weighted by Gasteiger charge is -2.03. The van der Waals surface area contributed by atoms with Gasteiger partial charge in [0, 0.05) is 41.6 Å². The third-order valence-electron chi connectivity index (χ3n) is 3.53. The van der Waals surface area contributed by atoms with Gasteiger partial charge in [-0.2, -0.15) is 0 Å². The standard InChI is InChI=1S/C18H18N4OS/c23-17(6-3-5-15-4-1-2-9-20-15)21-12-18-22-16(13-24-18)14-7-10-19-11-8-14/h1-2,4,7-11,13H,3,5-6,12H2,(H,21,23). The second-order valence-electron chi connectivity index (χ2n) is 5.31. The lowest BCUT2D eigenvalue weighted by molar-refractivity contribution is -0.121. The third-order valence-corrected chi connectivity index (χ3v) is 4.38. The van der Waals surface area contributed by atoms with Crippen LogP contribution in [-0.4, -0.2) is 20.9 Å². The fourth-order valence-electron chi connectivity index (χ4n) is 2.29. The summed E-state index contributed by atoms with van der Waals surface area (Å²) in [7, 11) is 0. The van der Waals surface area contributed by atoms with Crippen molar-refractivity contribution in [3.05, 3.63) is 65.0 Å². The summed E-state index contributed by atoms with van der Waals surface area (Å²) >= 11 is 1.55. The number of aromatic nitrogens is 3. The average Bonchev–Trinajstić information content (AvgIpc) is 3.11. The van der Waals surface area contributed by atoms with Crippen LogP contribution < -0.4 is 5.32 Å². The van der Waals surface area contributed by atoms with Crippen molar-refractivity contribution in [2.75, 3.05) is 0 Å². The number of pyridine rings is 2. The number of hydrogen-bond donors (Lipinski definition) is 1. The molecular weight excluding hydrogens is 320 g/mol. The molecule has 0 unspecified atom stereocenters. The highest BCUT2D eigenvalue weighted by molar-refractivity contribution is 7.09. The number of rotatable bonds is 7. The van der Waals surface area contributed by atoms with E-state index >= 15 is 0 Å². The lowest BCUT2D eigenvalue weighted by Crippen LogP contribution is -2.22. The Labute approximate surface area is 144 Å². The molecule has 0 radical (unpaired) electrons. The van der Waals surface area contributed by atoms with Crippen molar-refractivity contribution in [1.82, 2.24) is 20.3 Å². The van der Waals surface area contributed by atoms with Gasteiger partial charge in [-0.15, -0.1) is 11.3 Å². The number of nitrogens with one attached hydrogen (secondary N) is 1. The highest BCUT2D eigenvalue weighted by atomic mass is 32.1. The second kappa shape index (κ2) is 8.31. The van der Waals surface area contributed by atoms with Gasteiger partial charge in [0.25, 0.3) is 0 Å². The Morgan fingerprint density at radius 3 is 2.79 bits per heavy atom. The Hall–Kier alpha value is -2.60. The van der Waals surface area contributed by atoms with E-state index in [2.05, 4.69) is 20.3 Å². The maximum Gasteiger partial charge on any atom is 0.220 e. The van der Waals surface area contributed by atoms with Gasteiger partial charge in [0.15, 0.2) is 0 Å². The summed E-state index contributed by atoms with van der Waals surface area (Å²) in [5, 5.41) is 5.83. The molecule has 0 atom stereocenters. The number of hydrogen-bond acceptors (Lipinski definition) is 5. The van der Waals surface area contributed by atoms with Crippen LogP contribution >= 0.6 is 11.3 Å². The van der Waals surface area contributed by atoms with E-state index in [9.17, 15) is 4.79 Å². The first kappa shape index (κ1) is 16.3. The smallest absolute Gasteiger partial charge is 0.220 e.